The number of aryl methyl sites for hydroxylation is 1. The van der Waals surface area contributed by atoms with Gasteiger partial charge in [0.2, 0.25) is 0 Å². The van der Waals surface area contributed by atoms with Crippen molar-refractivity contribution < 1.29 is 0 Å². The largest absolute Gasteiger partial charge is 0.327 e. The standard InChI is InChI=1S/C11H19NS2/c1-7(2)13-11(9(4)12)10-6-5-8(3)14-10/h5-7,9,11H,12H2,1-4H3. The molecule has 0 bridgehead atoms. The van der Waals surface area contributed by atoms with E-state index in [-0.39, 0.29) is 6.04 Å². The highest BCUT2D eigenvalue weighted by Gasteiger charge is 2.19. The summed E-state index contributed by atoms with van der Waals surface area (Å²) in [7, 11) is 0. The Balaban J connectivity index is 2.77. The van der Waals surface area contributed by atoms with Gasteiger partial charge in [-0.3, -0.25) is 0 Å². The fourth-order valence-electron chi connectivity index (χ4n) is 1.35. The van der Waals surface area contributed by atoms with Gasteiger partial charge in [-0.15, -0.1) is 23.1 Å². The minimum atomic E-state index is 0.223. The van der Waals surface area contributed by atoms with Crippen molar-refractivity contribution in [3.8, 4) is 0 Å². The van der Waals surface area contributed by atoms with Gasteiger partial charge in [0, 0.05) is 15.8 Å². The van der Waals surface area contributed by atoms with Gasteiger partial charge in [-0.25, -0.2) is 0 Å². The van der Waals surface area contributed by atoms with Crippen molar-refractivity contribution in [3.05, 3.63) is 21.9 Å². The number of rotatable bonds is 4. The van der Waals surface area contributed by atoms with Crippen LogP contribution in [0, 0.1) is 6.92 Å². The van der Waals surface area contributed by atoms with E-state index in [9.17, 15) is 0 Å². The van der Waals surface area contributed by atoms with Gasteiger partial charge in [0.1, 0.15) is 0 Å². The van der Waals surface area contributed by atoms with E-state index >= 15 is 0 Å². The molecular weight excluding hydrogens is 210 g/mol. The Morgan fingerprint density at radius 3 is 2.29 bits per heavy atom. The second kappa shape index (κ2) is 5.19. The third kappa shape index (κ3) is 3.30. The molecule has 0 radical (unpaired) electrons. The van der Waals surface area contributed by atoms with Crippen LogP contribution in [0.1, 0.15) is 35.8 Å². The molecule has 1 heterocycles. The molecule has 1 rings (SSSR count). The molecule has 0 aliphatic rings. The summed E-state index contributed by atoms with van der Waals surface area (Å²) >= 11 is 3.82. The summed E-state index contributed by atoms with van der Waals surface area (Å²) in [4.78, 5) is 2.78. The Hall–Kier alpha value is 0.01000. The van der Waals surface area contributed by atoms with E-state index in [1.165, 1.54) is 9.75 Å². The summed E-state index contributed by atoms with van der Waals surface area (Å²) in [5, 5.41) is 1.09. The van der Waals surface area contributed by atoms with Gasteiger partial charge in [-0.05, 0) is 31.2 Å². The van der Waals surface area contributed by atoms with E-state index in [1.54, 1.807) is 0 Å². The summed E-state index contributed by atoms with van der Waals surface area (Å²) in [5.41, 5.74) is 6.01. The predicted molar refractivity (Wildman–Crippen MR) is 68.2 cm³/mol. The average molecular weight is 229 g/mol. The quantitative estimate of drug-likeness (QED) is 0.854. The zero-order valence-corrected chi connectivity index (χ0v) is 10.9. The summed E-state index contributed by atoms with van der Waals surface area (Å²) in [6, 6.07) is 4.61. The normalized spacial score (nSPS) is 15.9. The molecule has 3 heteroatoms. The lowest BCUT2D eigenvalue weighted by atomic mass is 10.2. The molecule has 0 spiro atoms. The molecule has 1 nitrogen and oxygen atoms in total. The van der Waals surface area contributed by atoms with Crippen molar-refractivity contribution >= 4 is 23.1 Å². The van der Waals surface area contributed by atoms with Crippen molar-refractivity contribution in [2.45, 2.75) is 44.2 Å². The average Bonchev–Trinajstić information content (AvgIpc) is 2.46. The Morgan fingerprint density at radius 2 is 1.93 bits per heavy atom. The highest BCUT2D eigenvalue weighted by molar-refractivity contribution is 8.00. The number of nitrogens with two attached hydrogens (primary N) is 1. The van der Waals surface area contributed by atoms with E-state index in [2.05, 4.69) is 39.8 Å². The van der Waals surface area contributed by atoms with E-state index < -0.39 is 0 Å². The van der Waals surface area contributed by atoms with Gasteiger partial charge >= 0.3 is 0 Å². The molecular formula is C11H19NS2. The molecule has 80 valence electrons. The van der Waals surface area contributed by atoms with E-state index in [0.717, 1.165) is 0 Å². The first kappa shape index (κ1) is 12.1. The molecule has 2 atom stereocenters. The number of hydrogen-bond donors (Lipinski definition) is 1. The third-order valence-corrected chi connectivity index (χ3v) is 4.69. The maximum Gasteiger partial charge on any atom is 0.0542 e. The first-order valence-electron chi connectivity index (χ1n) is 4.98. The summed E-state index contributed by atoms with van der Waals surface area (Å²) in [5.74, 6) is 0. The highest BCUT2D eigenvalue weighted by atomic mass is 32.2. The Kier molecular flexibility index (Phi) is 4.48. The van der Waals surface area contributed by atoms with Crippen LogP contribution in [0.5, 0.6) is 0 Å². The van der Waals surface area contributed by atoms with Gasteiger partial charge in [0.15, 0.2) is 0 Å². The minimum Gasteiger partial charge on any atom is -0.327 e. The Bertz CT molecular complexity index is 279. The molecule has 2 N–H and O–H groups in total. The summed E-state index contributed by atoms with van der Waals surface area (Å²) < 4.78 is 0. The highest BCUT2D eigenvalue weighted by Crippen LogP contribution is 2.37. The summed E-state index contributed by atoms with van der Waals surface area (Å²) in [6.45, 7) is 8.68. The molecule has 0 fully saturated rings. The zero-order valence-electron chi connectivity index (χ0n) is 9.28. The van der Waals surface area contributed by atoms with Gasteiger partial charge < -0.3 is 5.73 Å². The molecule has 0 aromatic carbocycles. The predicted octanol–water partition coefficient (Wildman–Crippen LogP) is 3.59. The van der Waals surface area contributed by atoms with Gasteiger partial charge in [-0.2, -0.15) is 0 Å². The fourth-order valence-corrected chi connectivity index (χ4v) is 3.68. The lowest BCUT2D eigenvalue weighted by Crippen LogP contribution is -2.23. The first-order valence-corrected chi connectivity index (χ1v) is 6.74. The van der Waals surface area contributed by atoms with E-state index in [4.69, 9.17) is 5.73 Å². The molecule has 0 saturated heterocycles. The second-order valence-corrected chi connectivity index (χ2v) is 6.96. The van der Waals surface area contributed by atoms with Crippen LogP contribution >= 0.6 is 23.1 Å². The number of thioether (sulfide) groups is 1. The van der Waals surface area contributed by atoms with E-state index in [1.807, 2.05) is 23.1 Å². The van der Waals surface area contributed by atoms with Gasteiger partial charge in [-0.1, -0.05) is 13.8 Å². The number of thiophene rings is 1. The van der Waals surface area contributed by atoms with Crippen LogP contribution in [-0.4, -0.2) is 11.3 Å². The topological polar surface area (TPSA) is 26.0 Å². The van der Waals surface area contributed by atoms with Crippen LogP contribution in [0.2, 0.25) is 0 Å². The maximum atomic E-state index is 6.01. The lowest BCUT2D eigenvalue weighted by molar-refractivity contribution is 0.727. The lowest BCUT2D eigenvalue weighted by Gasteiger charge is -2.21. The van der Waals surface area contributed by atoms with Crippen molar-refractivity contribution in [2.24, 2.45) is 5.73 Å². The van der Waals surface area contributed by atoms with Crippen LogP contribution in [0.3, 0.4) is 0 Å². The first-order chi connectivity index (χ1) is 6.50. The smallest absolute Gasteiger partial charge is 0.0542 e. The molecule has 0 saturated carbocycles. The van der Waals surface area contributed by atoms with Crippen LogP contribution in [0.25, 0.3) is 0 Å². The van der Waals surface area contributed by atoms with Crippen LogP contribution < -0.4 is 5.73 Å². The molecule has 0 aliphatic carbocycles. The van der Waals surface area contributed by atoms with Crippen molar-refractivity contribution in [3.63, 3.8) is 0 Å². The van der Waals surface area contributed by atoms with Crippen molar-refractivity contribution in [1.82, 2.24) is 0 Å². The van der Waals surface area contributed by atoms with Gasteiger partial charge in [0.05, 0.1) is 5.25 Å². The minimum absolute atomic E-state index is 0.223. The second-order valence-electron chi connectivity index (χ2n) is 3.91. The zero-order chi connectivity index (χ0) is 10.7. The van der Waals surface area contributed by atoms with Crippen molar-refractivity contribution in [1.29, 1.82) is 0 Å². The fraction of sp³-hybridized carbons (Fsp3) is 0.636. The SMILES string of the molecule is Cc1ccc(C(SC(C)C)C(C)N)s1. The van der Waals surface area contributed by atoms with Crippen LogP contribution in [0.4, 0.5) is 0 Å². The molecule has 1 aromatic rings. The molecule has 2 unspecified atom stereocenters. The van der Waals surface area contributed by atoms with Gasteiger partial charge in [0.25, 0.3) is 0 Å². The molecule has 0 amide bonds. The van der Waals surface area contributed by atoms with E-state index in [0.29, 0.717) is 10.5 Å². The monoisotopic (exact) mass is 229 g/mol. The third-order valence-electron chi connectivity index (χ3n) is 1.94. The van der Waals surface area contributed by atoms with Crippen molar-refractivity contribution in [2.75, 3.05) is 0 Å². The molecule has 14 heavy (non-hydrogen) atoms. The van der Waals surface area contributed by atoms with Crippen LogP contribution in [-0.2, 0) is 0 Å². The summed E-state index contributed by atoms with van der Waals surface area (Å²) in [6.07, 6.45) is 0. The Morgan fingerprint density at radius 1 is 1.29 bits per heavy atom. The van der Waals surface area contributed by atoms with Crippen LogP contribution in [0.15, 0.2) is 12.1 Å². The molecule has 1 aromatic heterocycles. The maximum absolute atomic E-state index is 6.01. The Labute approximate surface area is 95.1 Å². The number of hydrogen-bond acceptors (Lipinski definition) is 3. The molecule has 0 aliphatic heterocycles.